The lowest BCUT2D eigenvalue weighted by Crippen LogP contribution is -2.34. The minimum absolute atomic E-state index is 0.0160. The highest BCUT2D eigenvalue weighted by molar-refractivity contribution is 7.99. The highest BCUT2D eigenvalue weighted by Gasteiger charge is 2.12. The summed E-state index contributed by atoms with van der Waals surface area (Å²) in [5.74, 6) is 1.73. The smallest absolute Gasteiger partial charge is 0.148 e. The number of sulfone groups is 1. The van der Waals surface area contributed by atoms with Crippen LogP contribution in [0.4, 0.5) is 0 Å². The first-order chi connectivity index (χ1) is 7.10. The molecule has 0 fully saturated rings. The van der Waals surface area contributed by atoms with Crippen molar-refractivity contribution in [3.63, 3.8) is 0 Å². The number of thioether (sulfide) groups is 1. The van der Waals surface area contributed by atoms with E-state index in [0.29, 0.717) is 5.75 Å². The van der Waals surface area contributed by atoms with Gasteiger partial charge >= 0.3 is 0 Å². The molecule has 0 aromatic heterocycles. The van der Waals surface area contributed by atoms with Gasteiger partial charge in [0.1, 0.15) is 9.84 Å². The molecule has 0 aromatic carbocycles. The van der Waals surface area contributed by atoms with Crippen LogP contribution in [0.5, 0.6) is 0 Å². The monoisotopic (exact) mass is 269 g/mol. The highest BCUT2D eigenvalue weighted by Crippen LogP contribution is 2.10. The van der Waals surface area contributed by atoms with Gasteiger partial charge in [-0.1, -0.05) is 0 Å². The van der Waals surface area contributed by atoms with E-state index in [-0.39, 0.29) is 11.8 Å². The Labute approximate surface area is 103 Å². The molecule has 0 heterocycles. The van der Waals surface area contributed by atoms with Crippen LogP contribution in [0.1, 0.15) is 20.8 Å². The Hall–Kier alpha value is 0.220. The van der Waals surface area contributed by atoms with Crippen LogP contribution in [0.15, 0.2) is 0 Å². The van der Waals surface area contributed by atoms with Gasteiger partial charge in [-0.3, -0.25) is 0 Å². The zero-order valence-electron chi connectivity index (χ0n) is 10.5. The van der Waals surface area contributed by atoms with E-state index in [1.54, 1.807) is 25.6 Å². The largest absolute Gasteiger partial charge is 0.390 e. The van der Waals surface area contributed by atoms with Crippen LogP contribution >= 0.6 is 11.8 Å². The molecule has 0 amide bonds. The Morgan fingerprint density at radius 1 is 1.44 bits per heavy atom. The van der Waals surface area contributed by atoms with Gasteiger partial charge in [-0.15, -0.1) is 0 Å². The summed E-state index contributed by atoms with van der Waals surface area (Å²) in [5, 5.41) is 12.6. The summed E-state index contributed by atoms with van der Waals surface area (Å²) in [7, 11) is -2.90. The number of nitrogens with one attached hydrogen (secondary N) is 1. The van der Waals surface area contributed by atoms with Crippen molar-refractivity contribution in [2.45, 2.75) is 32.4 Å². The molecule has 0 bridgehead atoms. The van der Waals surface area contributed by atoms with Gasteiger partial charge in [0.2, 0.25) is 0 Å². The molecular weight excluding hydrogens is 246 g/mol. The van der Waals surface area contributed by atoms with Crippen LogP contribution in [0.3, 0.4) is 0 Å². The average molecular weight is 269 g/mol. The van der Waals surface area contributed by atoms with Gasteiger partial charge in [0.05, 0.1) is 11.4 Å². The molecule has 2 N–H and O–H groups in total. The van der Waals surface area contributed by atoms with Gasteiger partial charge in [0.15, 0.2) is 0 Å². The Morgan fingerprint density at radius 3 is 2.44 bits per heavy atom. The molecule has 6 heteroatoms. The van der Waals surface area contributed by atoms with E-state index < -0.39 is 15.4 Å². The number of hydrogen-bond acceptors (Lipinski definition) is 5. The molecule has 0 spiro atoms. The molecule has 0 aliphatic rings. The first-order valence-electron chi connectivity index (χ1n) is 5.31. The fourth-order valence-electron chi connectivity index (χ4n) is 1.21. The second kappa shape index (κ2) is 6.83. The van der Waals surface area contributed by atoms with Gasteiger partial charge in [0.25, 0.3) is 0 Å². The normalized spacial score (nSPS) is 15.1. The van der Waals surface area contributed by atoms with Crippen LogP contribution in [-0.2, 0) is 9.84 Å². The third-order valence-electron chi connectivity index (χ3n) is 1.75. The standard InChI is InChI=1S/C10H23NO3S2/c1-9(7-16(4,13)14)11-5-6-15-8-10(2,3)12/h9,11-12H,5-8H2,1-4H3. The fraction of sp³-hybridized carbons (Fsp3) is 1.00. The molecule has 98 valence electrons. The minimum Gasteiger partial charge on any atom is -0.390 e. The van der Waals surface area contributed by atoms with Crippen LogP contribution in [-0.4, -0.2) is 55.2 Å². The third-order valence-corrected chi connectivity index (χ3v) is 4.26. The molecule has 0 aliphatic heterocycles. The lowest BCUT2D eigenvalue weighted by atomic mass is 10.2. The lowest BCUT2D eigenvalue weighted by Gasteiger charge is -2.17. The summed E-state index contributed by atoms with van der Waals surface area (Å²) in [4.78, 5) is 0. The van der Waals surface area contributed by atoms with E-state index in [9.17, 15) is 13.5 Å². The van der Waals surface area contributed by atoms with E-state index in [0.717, 1.165) is 12.3 Å². The molecule has 0 radical (unpaired) electrons. The Kier molecular flexibility index (Phi) is 6.93. The van der Waals surface area contributed by atoms with Crippen molar-refractivity contribution < 1.29 is 13.5 Å². The van der Waals surface area contributed by atoms with Crippen molar-refractivity contribution in [2.24, 2.45) is 0 Å². The predicted molar refractivity (Wildman–Crippen MR) is 70.8 cm³/mol. The second-order valence-corrected chi connectivity index (χ2v) is 8.10. The molecule has 1 atom stereocenters. The van der Waals surface area contributed by atoms with Gasteiger partial charge < -0.3 is 10.4 Å². The molecular formula is C10H23NO3S2. The number of rotatable bonds is 8. The van der Waals surface area contributed by atoms with E-state index in [2.05, 4.69) is 5.32 Å². The van der Waals surface area contributed by atoms with E-state index in [1.807, 2.05) is 6.92 Å². The summed E-state index contributed by atoms with van der Waals surface area (Å²) in [6.07, 6.45) is 1.24. The van der Waals surface area contributed by atoms with E-state index in [1.165, 1.54) is 6.26 Å². The average Bonchev–Trinajstić information content (AvgIpc) is 1.97. The second-order valence-electron chi connectivity index (χ2n) is 4.81. The van der Waals surface area contributed by atoms with Crippen LogP contribution < -0.4 is 5.32 Å². The van der Waals surface area contributed by atoms with Crippen molar-refractivity contribution in [1.29, 1.82) is 0 Å². The summed E-state index contributed by atoms with van der Waals surface area (Å²) in [6.45, 7) is 6.18. The van der Waals surface area contributed by atoms with Crippen LogP contribution in [0, 0.1) is 0 Å². The molecule has 16 heavy (non-hydrogen) atoms. The maximum Gasteiger partial charge on any atom is 0.148 e. The highest BCUT2D eigenvalue weighted by atomic mass is 32.2. The van der Waals surface area contributed by atoms with Gasteiger partial charge in [-0.05, 0) is 20.8 Å². The Balaban J connectivity index is 3.53. The summed E-state index contributed by atoms with van der Waals surface area (Å²) < 4.78 is 22.0. The Morgan fingerprint density at radius 2 is 2.00 bits per heavy atom. The molecule has 4 nitrogen and oxygen atoms in total. The zero-order valence-corrected chi connectivity index (χ0v) is 12.1. The third kappa shape index (κ3) is 12.3. The zero-order chi connectivity index (χ0) is 12.8. The van der Waals surface area contributed by atoms with Crippen LogP contribution in [0.25, 0.3) is 0 Å². The lowest BCUT2D eigenvalue weighted by molar-refractivity contribution is 0.107. The maximum atomic E-state index is 11.0. The number of aliphatic hydroxyl groups is 1. The topological polar surface area (TPSA) is 66.4 Å². The Bertz CT molecular complexity index is 283. The van der Waals surface area contributed by atoms with Gasteiger partial charge in [-0.25, -0.2) is 8.42 Å². The SMILES string of the molecule is CC(CS(C)(=O)=O)NCCSCC(C)(C)O. The van der Waals surface area contributed by atoms with E-state index >= 15 is 0 Å². The number of hydrogen-bond donors (Lipinski definition) is 2. The van der Waals surface area contributed by atoms with Crippen molar-refractivity contribution in [1.82, 2.24) is 5.32 Å². The van der Waals surface area contributed by atoms with Crippen molar-refractivity contribution >= 4 is 21.6 Å². The summed E-state index contributed by atoms with van der Waals surface area (Å²) in [5.41, 5.74) is -0.636. The van der Waals surface area contributed by atoms with Crippen molar-refractivity contribution in [3.8, 4) is 0 Å². The molecule has 0 aromatic rings. The minimum atomic E-state index is -2.90. The van der Waals surface area contributed by atoms with Gasteiger partial charge in [0, 0.05) is 30.3 Å². The maximum absolute atomic E-state index is 11.0. The molecule has 0 saturated heterocycles. The molecule has 0 saturated carbocycles. The van der Waals surface area contributed by atoms with E-state index in [4.69, 9.17) is 0 Å². The van der Waals surface area contributed by atoms with Crippen molar-refractivity contribution in [3.05, 3.63) is 0 Å². The molecule has 0 rings (SSSR count). The molecule has 1 unspecified atom stereocenters. The summed E-state index contributed by atoms with van der Waals surface area (Å²) >= 11 is 1.66. The first-order valence-corrected chi connectivity index (χ1v) is 8.53. The predicted octanol–water partition coefficient (Wildman–Crippen LogP) is 0.513. The molecule has 0 aliphatic carbocycles. The summed E-state index contributed by atoms with van der Waals surface area (Å²) in [6, 6.07) is -0.0160. The van der Waals surface area contributed by atoms with Gasteiger partial charge in [-0.2, -0.15) is 11.8 Å². The fourth-order valence-corrected chi connectivity index (χ4v) is 3.14. The first kappa shape index (κ1) is 16.2. The van der Waals surface area contributed by atoms with Crippen LogP contribution in [0.2, 0.25) is 0 Å². The quantitative estimate of drug-likeness (QED) is 0.629. The van der Waals surface area contributed by atoms with Crippen molar-refractivity contribution in [2.75, 3.05) is 30.1 Å².